The average molecular weight is 367 g/mol. The van der Waals surface area contributed by atoms with Crippen LogP contribution in [0, 0.1) is 5.92 Å². The minimum Gasteiger partial charge on any atom is -0.324 e. The van der Waals surface area contributed by atoms with Gasteiger partial charge in [-0.1, -0.05) is 25.7 Å². The summed E-state index contributed by atoms with van der Waals surface area (Å²) in [4.78, 5) is 0. The van der Waals surface area contributed by atoms with Gasteiger partial charge in [0.25, 0.3) is 0 Å². The minimum absolute atomic E-state index is 0.192. The van der Waals surface area contributed by atoms with E-state index in [0.29, 0.717) is 0 Å². The fourth-order valence-electron chi connectivity index (χ4n) is 2.48. The van der Waals surface area contributed by atoms with Gasteiger partial charge < -0.3 is 5.73 Å². The fraction of sp³-hybridized carbons (Fsp3) is 0.667. The second kappa shape index (κ2) is 5.98. The summed E-state index contributed by atoms with van der Waals surface area (Å²) in [6, 6.07) is 2.34. The maximum Gasteiger partial charge on any atom is 0.0758 e. The second-order valence-corrected chi connectivity index (χ2v) is 8.36. The number of hydrogen-bond acceptors (Lipinski definition) is 2. The van der Waals surface area contributed by atoms with Crippen molar-refractivity contribution in [3.63, 3.8) is 0 Å². The molecule has 0 bridgehead atoms. The lowest BCUT2D eigenvalue weighted by Gasteiger charge is -2.14. The van der Waals surface area contributed by atoms with E-state index in [1.165, 1.54) is 41.5 Å². The van der Waals surface area contributed by atoms with Gasteiger partial charge in [0.05, 0.1) is 7.57 Å². The highest BCUT2D eigenvalue weighted by Crippen LogP contribution is 2.37. The third kappa shape index (κ3) is 3.31. The molecule has 1 unspecified atom stereocenters. The Hall–Kier alpha value is 0.620. The zero-order valence-corrected chi connectivity index (χ0v) is 13.2. The molecule has 0 spiro atoms. The molecular weight excluding hydrogens is 350 g/mol. The van der Waals surface area contributed by atoms with Crippen LogP contribution in [0.3, 0.4) is 0 Å². The predicted molar refractivity (Wildman–Crippen MR) is 77.8 cm³/mol. The zero-order chi connectivity index (χ0) is 11.5. The van der Waals surface area contributed by atoms with Crippen LogP contribution in [0.2, 0.25) is 0 Å². The van der Waals surface area contributed by atoms with E-state index in [9.17, 15) is 0 Å². The van der Waals surface area contributed by atoms with Crippen LogP contribution in [0.15, 0.2) is 13.6 Å². The van der Waals surface area contributed by atoms with Crippen molar-refractivity contribution in [2.24, 2.45) is 11.7 Å². The molecule has 1 aliphatic rings. The first-order valence-corrected chi connectivity index (χ1v) is 8.27. The summed E-state index contributed by atoms with van der Waals surface area (Å²) in [5.74, 6) is 0.937. The Bertz CT molecular complexity index is 345. The lowest BCUT2D eigenvalue weighted by Crippen LogP contribution is -2.11. The molecule has 16 heavy (non-hydrogen) atoms. The Balaban J connectivity index is 1.87. The quantitative estimate of drug-likeness (QED) is 0.774. The Labute approximate surface area is 118 Å². The molecule has 0 aromatic carbocycles. The summed E-state index contributed by atoms with van der Waals surface area (Å²) >= 11 is 8.79. The maximum absolute atomic E-state index is 6.24. The van der Waals surface area contributed by atoms with Gasteiger partial charge >= 0.3 is 0 Å². The van der Waals surface area contributed by atoms with Gasteiger partial charge in [-0.3, -0.25) is 0 Å². The van der Waals surface area contributed by atoms with Gasteiger partial charge in [0.2, 0.25) is 0 Å². The van der Waals surface area contributed by atoms with E-state index >= 15 is 0 Å². The van der Waals surface area contributed by atoms with Crippen molar-refractivity contribution in [1.29, 1.82) is 0 Å². The molecule has 90 valence electrons. The van der Waals surface area contributed by atoms with Crippen molar-refractivity contribution in [3.05, 3.63) is 19.2 Å². The van der Waals surface area contributed by atoms with E-state index in [-0.39, 0.29) is 6.04 Å². The summed E-state index contributed by atoms with van der Waals surface area (Å²) in [5.41, 5.74) is 7.50. The van der Waals surface area contributed by atoms with Crippen molar-refractivity contribution in [1.82, 2.24) is 0 Å². The summed E-state index contributed by atoms with van der Waals surface area (Å²) in [6.07, 6.45) is 8.09. The van der Waals surface area contributed by atoms with Gasteiger partial charge in [-0.05, 0) is 62.2 Å². The van der Waals surface area contributed by atoms with E-state index in [2.05, 4.69) is 37.9 Å². The van der Waals surface area contributed by atoms with Crippen LogP contribution in [-0.4, -0.2) is 0 Å². The van der Waals surface area contributed by atoms with Gasteiger partial charge in [0, 0.05) is 6.04 Å². The molecule has 4 heteroatoms. The Morgan fingerprint density at radius 3 is 2.62 bits per heavy atom. The molecule has 1 aromatic heterocycles. The topological polar surface area (TPSA) is 26.0 Å². The molecule has 1 atom stereocenters. The van der Waals surface area contributed by atoms with Gasteiger partial charge in [0.15, 0.2) is 0 Å². The van der Waals surface area contributed by atoms with Crippen molar-refractivity contribution in [2.45, 2.75) is 44.6 Å². The van der Waals surface area contributed by atoms with Crippen LogP contribution in [0.4, 0.5) is 0 Å². The molecule has 1 aliphatic carbocycles. The molecule has 1 nitrogen and oxygen atoms in total. The normalized spacial score (nSPS) is 19.2. The van der Waals surface area contributed by atoms with Crippen LogP contribution in [0.1, 0.15) is 50.1 Å². The summed E-state index contributed by atoms with van der Waals surface area (Å²) in [7, 11) is 0. The van der Waals surface area contributed by atoms with E-state index in [1.54, 1.807) is 11.3 Å². The van der Waals surface area contributed by atoms with Crippen LogP contribution in [0.5, 0.6) is 0 Å². The average Bonchev–Trinajstić information content (AvgIpc) is 2.84. The molecule has 0 aliphatic heterocycles. The van der Waals surface area contributed by atoms with Crippen LogP contribution in [0.25, 0.3) is 0 Å². The Kier molecular flexibility index (Phi) is 4.89. The first-order valence-electron chi connectivity index (χ1n) is 5.87. The van der Waals surface area contributed by atoms with Crippen molar-refractivity contribution >= 4 is 43.2 Å². The largest absolute Gasteiger partial charge is 0.324 e. The van der Waals surface area contributed by atoms with E-state index in [1.807, 2.05) is 0 Å². The van der Waals surface area contributed by atoms with Crippen LogP contribution >= 0.6 is 43.2 Å². The number of hydrogen-bond donors (Lipinski definition) is 1. The maximum atomic E-state index is 6.24. The van der Waals surface area contributed by atoms with Crippen molar-refractivity contribution in [3.8, 4) is 0 Å². The zero-order valence-electron chi connectivity index (χ0n) is 9.22. The monoisotopic (exact) mass is 365 g/mol. The third-order valence-corrected chi connectivity index (χ3v) is 5.83. The lowest BCUT2D eigenvalue weighted by atomic mass is 9.97. The lowest BCUT2D eigenvalue weighted by molar-refractivity contribution is 0.454. The van der Waals surface area contributed by atoms with Gasteiger partial charge in [0.1, 0.15) is 0 Å². The number of thiophene rings is 1. The third-order valence-electron chi connectivity index (χ3n) is 3.44. The highest BCUT2D eigenvalue weighted by molar-refractivity contribution is 9.12. The van der Waals surface area contributed by atoms with Gasteiger partial charge in [-0.2, -0.15) is 0 Å². The second-order valence-electron chi connectivity index (χ2n) is 4.61. The van der Waals surface area contributed by atoms with Crippen molar-refractivity contribution < 1.29 is 0 Å². The highest BCUT2D eigenvalue weighted by atomic mass is 79.9. The molecule has 2 rings (SSSR count). The summed E-state index contributed by atoms with van der Waals surface area (Å²) < 4.78 is 2.34. The SMILES string of the molecule is NC(CCC1CCCC1)c1cc(Br)sc1Br. The summed E-state index contributed by atoms with van der Waals surface area (Å²) in [6.45, 7) is 0. The summed E-state index contributed by atoms with van der Waals surface area (Å²) in [5, 5.41) is 0. The van der Waals surface area contributed by atoms with E-state index in [4.69, 9.17) is 5.73 Å². The van der Waals surface area contributed by atoms with Gasteiger partial charge in [-0.25, -0.2) is 0 Å². The minimum atomic E-state index is 0.192. The molecule has 2 N–H and O–H groups in total. The van der Waals surface area contributed by atoms with Crippen molar-refractivity contribution in [2.75, 3.05) is 0 Å². The highest BCUT2D eigenvalue weighted by Gasteiger charge is 2.18. The standard InChI is InChI=1S/C12H17Br2NS/c13-11-7-9(12(14)16-11)10(15)6-5-8-3-1-2-4-8/h7-8,10H,1-6,15H2. The molecule has 1 heterocycles. The number of nitrogens with two attached hydrogens (primary N) is 1. The molecule has 1 aromatic rings. The first-order chi connectivity index (χ1) is 7.66. The predicted octanol–water partition coefficient (Wildman–Crippen LogP) is 5.24. The fourth-order valence-corrected chi connectivity index (χ4v) is 5.48. The smallest absolute Gasteiger partial charge is 0.0758 e. The first kappa shape index (κ1) is 13.1. The van der Waals surface area contributed by atoms with Gasteiger partial charge in [-0.15, -0.1) is 11.3 Å². The molecule has 0 radical (unpaired) electrons. The Morgan fingerprint density at radius 1 is 1.38 bits per heavy atom. The molecular formula is C12H17Br2NS. The number of halogens is 2. The molecule has 0 amide bonds. The number of rotatable bonds is 4. The van der Waals surface area contributed by atoms with Crippen LogP contribution < -0.4 is 5.73 Å². The molecule has 1 saturated carbocycles. The van der Waals surface area contributed by atoms with E-state index < -0.39 is 0 Å². The Morgan fingerprint density at radius 2 is 2.06 bits per heavy atom. The molecule has 0 saturated heterocycles. The van der Waals surface area contributed by atoms with Crippen LogP contribution in [-0.2, 0) is 0 Å². The molecule has 1 fully saturated rings. The van der Waals surface area contributed by atoms with E-state index in [0.717, 1.165) is 16.1 Å².